The van der Waals surface area contributed by atoms with Crippen molar-refractivity contribution in [3.05, 3.63) is 23.8 Å². The van der Waals surface area contributed by atoms with Gasteiger partial charge in [-0.3, -0.25) is 6.08 Å². The molecule has 0 unspecified atom stereocenters. The summed E-state index contributed by atoms with van der Waals surface area (Å²) in [4.78, 5) is 0. The average Bonchev–Trinajstić information content (AvgIpc) is 2.57. The summed E-state index contributed by atoms with van der Waals surface area (Å²) >= 11 is 2.07. The molecule has 0 saturated heterocycles. The number of halogens is 2. The quantitative estimate of drug-likeness (QED) is 0.300. The molecule has 1 rings (SSSR count). The summed E-state index contributed by atoms with van der Waals surface area (Å²) in [5.74, 6) is 2.60. The summed E-state index contributed by atoms with van der Waals surface area (Å²) in [5, 5.41) is 0. The molecule has 85 valence electrons. The minimum atomic E-state index is 0. The second kappa shape index (κ2) is 15.1. The van der Waals surface area contributed by atoms with Gasteiger partial charge in [0, 0.05) is 0 Å². The average molecular weight is 300 g/mol. The van der Waals surface area contributed by atoms with E-state index in [9.17, 15) is 0 Å². The minimum Gasteiger partial charge on any atom is -1.00 e. The molecule has 1 aliphatic rings. The van der Waals surface area contributed by atoms with Crippen molar-refractivity contribution >= 4 is 11.8 Å². The Labute approximate surface area is 125 Å². The smallest absolute Gasteiger partial charge is 1.00 e. The molecule has 0 aromatic rings. The van der Waals surface area contributed by atoms with Crippen molar-refractivity contribution in [2.75, 3.05) is 11.5 Å². The summed E-state index contributed by atoms with van der Waals surface area (Å²) in [6, 6.07) is 0. The van der Waals surface area contributed by atoms with Crippen molar-refractivity contribution in [3.8, 4) is 0 Å². The largest absolute Gasteiger partial charge is 3.00 e. The summed E-state index contributed by atoms with van der Waals surface area (Å²) < 4.78 is 0. The summed E-state index contributed by atoms with van der Waals surface area (Å²) in [7, 11) is 0. The SMILES string of the molecule is CCCCSCCC1=[C-]CC=C1.[Cl-].[Cl-].[Ti+3]. The minimum absolute atomic E-state index is 0. The Morgan fingerprint density at radius 1 is 1.33 bits per heavy atom. The molecule has 0 spiro atoms. The first-order chi connectivity index (χ1) is 5.93. The molecule has 0 atom stereocenters. The van der Waals surface area contributed by atoms with Crippen molar-refractivity contribution < 1.29 is 46.5 Å². The van der Waals surface area contributed by atoms with E-state index in [-0.39, 0.29) is 46.5 Å². The molecule has 0 nitrogen and oxygen atoms in total. The monoisotopic (exact) mass is 299 g/mol. The van der Waals surface area contributed by atoms with Crippen molar-refractivity contribution in [2.24, 2.45) is 0 Å². The van der Waals surface area contributed by atoms with Crippen LogP contribution in [-0.2, 0) is 21.7 Å². The molecule has 0 aliphatic heterocycles. The van der Waals surface area contributed by atoms with Crippen molar-refractivity contribution in [2.45, 2.75) is 32.6 Å². The van der Waals surface area contributed by atoms with E-state index in [1.807, 2.05) is 0 Å². The Kier molecular flexibility index (Phi) is 21.6. The fourth-order valence-corrected chi connectivity index (χ4v) is 2.21. The van der Waals surface area contributed by atoms with Crippen LogP contribution in [0, 0.1) is 6.08 Å². The first kappa shape index (κ1) is 21.4. The van der Waals surface area contributed by atoms with E-state index in [1.54, 1.807) is 0 Å². The molecule has 0 saturated carbocycles. The molecule has 0 amide bonds. The topological polar surface area (TPSA) is 0 Å². The van der Waals surface area contributed by atoms with Crippen LogP contribution in [0.15, 0.2) is 17.7 Å². The van der Waals surface area contributed by atoms with Crippen molar-refractivity contribution in [3.63, 3.8) is 0 Å². The van der Waals surface area contributed by atoms with Gasteiger partial charge in [0.1, 0.15) is 0 Å². The number of thioether (sulfide) groups is 1. The molecule has 1 radical (unpaired) electrons. The zero-order valence-corrected chi connectivity index (χ0v) is 13.0. The molecule has 0 heterocycles. The van der Waals surface area contributed by atoms with E-state index >= 15 is 0 Å². The van der Waals surface area contributed by atoms with Crippen LogP contribution >= 0.6 is 11.8 Å². The van der Waals surface area contributed by atoms with Gasteiger partial charge in [-0.25, -0.2) is 11.6 Å². The van der Waals surface area contributed by atoms with Gasteiger partial charge in [-0.2, -0.15) is 17.8 Å². The van der Waals surface area contributed by atoms with Crippen LogP contribution in [0.1, 0.15) is 32.6 Å². The summed E-state index contributed by atoms with van der Waals surface area (Å²) in [6.45, 7) is 2.25. The van der Waals surface area contributed by atoms with Gasteiger partial charge in [0.2, 0.25) is 0 Å². The second-order valence-corrected chi connectivity index (χ2v) is 4.25. The fourth-order valence-electron chi connectivity index (χ4n) is 1.15. The predicted molar refractivity (Wildman–Crippen MR) is 57.4 cm³/mol. The zero-order chi connectivity index (χ0) is 8.65. The van der Waals surface area contributed by atoms with Crippen LogP contribution in [0.5, 0.6) is 0 Å². The van der Waals surface area contributed by atoms with Gasteiger partial charge in [0.25, 0.3) is 0 Å². The third-order valence-electron chi connectivity index (χ3n) is 1.92. The third kappa shape index (κ3) is 11.4. The number of unbranched alkanes of at least 4 members (excludes halogenated alkanes) is 1. The maximum absolute atomic E-state index is 3.34. The van der Waals surface area contributed by atoms with E-state index in [1.165, 1.54) is 36.3 Å². The summed E-state index contributed by atoms with van der Waals surface area (Å²) in [5.41, 5.74) is 1.42. The molecular weight excluding hydrogens is 283 g/mol. The van der Waals surface area contributed by atoms with Gasteiger partial charge in [0.05, 0.1) is 0 Å². The first-order valence-electron chi connectivity index (χ1n) is 4.77. The number of rotatable bonds is 6. The Hall–Kier alpha value is 1.12. The molecule has 1 aliphatic carbocycles. The van der Waals surface area contributed by atoms with Crippen LogP contribution in [0.4, 0.5) is 0 Å². The normalized spacial score (nSPS) is 12.2. The number of hydrogen-bond acceptors (Lipinski definition) is 1. The maximum Gasteiger partial charge on any atom is 3.00 e. The van der Waals surface area contributed by atoms with E-state index < -0.39 is 0 Å². The van der Waals surface area contributed by atoms with Gasteiger partial charge in [-0.05, 0) is 17.9 Å². The Balaban J connectivity index is -0.000000480. The Bertz CT molecular complexity index is 181. The van der Waals surface area contributed by atoms with E-state index in [0.717, 1.165) is 6.42 Å². The molecule has 0 N–H and O–H groups in total. The molecule has 0 aromatic carbocycles. The van der Waals surface area contributed by atoms with Gasteiger partial charge < -0.3 is 24.8 Å². The Morgan fingerprint density at radius 2 is 2.07 bits per heavy atom. The van der Waals surface area contributed by atoms with Crippen LogP contribution in [-0.4, -0.2) is 11.5 Å². The predicted octanol–water partition coefficient (Wildman–Crippen LogP) is -2.40. The number of allylic oxidation sites excluding steroid dienone is 4. The van der Waals surface area contributed by atoms with Crippen molar-refractivity contribution in [1.82, 2.24) is 0 Å². The molecule has 15 heavy (non-hydrogen) atoms. The first-order valence-corrected chi connectivity index (χ1v) is 5.93. The maximum atomic E-state index is 3.34. The standard InChI is InChI=1S/C11H17S.2ClH.Ti/c1-2-3-9-12-10-8-11-6-4-5-7-11;;;/h4,6H,2-3,5,8-10H2,1H3;2*1H;/q-1;;;+3/p-2. The van der Waals surface area contributed by atoms with Crippen LogP contribution in [0.25, 0.3) is 0 Å². The molecule has 4 heteroatoms. The van der Waals surface area contributed by atoms with E-state index in [0.29, 0.717) is 0 Å². The molecular formula is C11H17Cl2STi. The van der Waals surface area contributed by atoms with Crippen LogP contribution in [0.3, 0.4) is 0 Å². The van der Waals surface area contributed by atoms with Gasteiger partial charge >= 0.3 is 21.7 Å². The van der Waals surface area contributed by atoms with Crippen LogP contribution < -0.4 is 24.8 Å². The van der Waals surface area contributed by atoms with Crippen LogP contribution in [0.2, 0.25) is 0 Å². The van der Waals surface area contributed by atoms with E-state index in [4.69, 9.17) is 0 Å². The fraction of sp³-hybridized carbons (Fsp3) is 0.636. The molecule has 0 fully saturated rings. The second-order valence-electron chi connectivity index (χ2n) is 3.02. The summed E-state index contributed by atoms with van der Waals surface area (Å²) in [6.07, 6.45) is 12.7. The molecule has 0 aromatic heterocycles. The van der Waals surface area contributed by atoms with Crippen molar-refractivity contribution in [1.29, 1.82) is 0 Å². The molecule has 0 bridgehead atoms. The zero-order valence-electron chi connectivity index (χ0n) is 9.06. The van der Waals surface area contributed by atoms with E-state index in [2.05, 4.69) is 36.9 Å². The van der Waals surface area contributed by atoms with Gasteiger partial charge in [-0.15, -0.1) is 6.42 Å². The van der Waals surface area contributed by atoms with Gasteiger partial charge in [-0.1, -0.05) is 19.8 Å². The number of hydrogen-bond donors (Lipinski definition) is 0. The van der Waals surface area contributed by atoms with Gasteiger partial charge in [0.15, 0.2) is 0 Å². The third-order valence-corrected chi connectivity index (χ3v) is 2.99. The Morgan fingerprint density at radius 3 is 2.60 bits per heavy atom.